The first kappa shape index (κ1) is 17.5. The molecule has 0 radical (unpaired) electrons. The van der Waals surface area contributed by atoms with Crippen molar-refractivity contribution < 1.29 is 9.15 Å². The second kappa shape index (κ2) is 8.65. The Balaban J connectivity index is 1.84. The highest BCUT2D eigenvalue weighted by atomic mass is 32.2. The van der Waals surface area contributed by atoms with E-state index in [9.17, 15) is 0 Å². The van der Waals surface area contributed by atoms with E-state index in [1.54, 1.807) is 25.3 Å². The lowest BCUT2D eigenvalue weighted by atomic mass is 10.1. The number of furan rings is 1. The third-order valence-corrected chi connectivity index (χ3v) is 4.68. The molecule has 130 valence electrons. The fourth-order valence-electron chi connectivity index (χ4n) is 2.61. The molecule has 0 atom stereocenters. The maximum atomic E-state index is 5.63. The molecule has 1 aromatic heterocycles. The van der Waals surface area contributed by atoms with E-state index in [-0.39, 0.29) is 0 Å². The fraction of sp³-hybridized carbons (Fsp3) is 0.200. The van der Waals surface area contributed by atoms with E-state index in [0.717, 1.165) is 40.6 Å². The van der Waals surface area contributed by atoms with E-state index in [1.807, 2.05) is 43.4 Å². The average Bonchev–Trinajstić information content (AvgIpc) is 3.10. The largest absolute Gasteiger partial charge is 0.497 e. The van der Waals surface area contributed by atoms with Crippen LogP contribution in [0.15, 0.2) is 81.5 Å². The molecule has 0 saturated carbocycles. The van der Waals surface area contributed by atoms with Gasteiger partial charge in [-0.2, -0.15) is 0 Å². The maximum Gasteiger partial charge on any atom is 0.132 e. The molecule has 0 aliphatic heterocycles. The summed E-state index contributed by atoms with van der Waals surface area (Å²) >= 11 is 1.58. The smallest absolute Gasteiger partial charge is 0.132 e. The standard InChI is InChI=1S/C20H22N2O2S/c1-21-14-15-5-3-6-18(20-7-4-12-24-20)19(13-15)22-25-17-10-8-16(23-2)9-11-17/h3-5,7-13,21-22H,6,14H2,1-2H3. The first-order valence-electron chi connectivity index (χ1n) is 8.16. The van der Waals surface area contributed by atoms with Crippen molar-refractivity contribution in [1.82, 2.24) is 10.0 Å². The number of allylic oxidation sites excluding steroid dienone is 3. The molecule has 1 aliphatic carbocycles. The Morgan fingerprint density at radius 3 is 2.72 bits per heavy atom. The summed E-state index contributed by atoms with van der Waals surface area (Å²) < 4.78 is 14.3. The van der Waals surface area contributed by atoms with Gasteiger partial charge in [-0.05, 0) is 73.5 Å². The summed E-state index contributed by atoms with van der Waals surface area (Å²) in [5, 5.41) is 3.21. The normalized spacial score (nSPS) is 14.2. The molecule has 1 heterocycles. The highest BCUT2D eigenvalue weighted by molar-refractivity contribution is 7.97. The van der Waals surface area contributed by atoms with E-state index in [0.29, 0.717) is 0 Å². The monoisotopic (exact) mass is 354 g/mol. The second-order valence-corrected chi connectivity index (χ2v) is 6.48. The Morgan fingerprint density at radius 1 is 1.20 bits per heavy atom. The van der Waals surface area contributed by atoms with Crippen LogP contribution in [-0.2, 0) is 0 Å². The Hall–Kier alpha value is -2.37. The highest BCUT2D eigenvalue weighted by Crippen LogP contribution is 2.29. The molecule has 0 spiro atoms. The van der Waals surface area contributed by atoms with E-state index >= 15 is 0 Å². The molecule has 0 saturated heterocycles. The van der Waals surface area contributed by atoms with Crippen LogP contribution in [0.2, 0.25) is 0 Å². The van der Waals surface area contributed by atoms with Gasteiger partial charge in [-0.1, -0.05) is 12.2 Å². The number of rotatable bonds is 7. The molecule has 4 nitrogen and oxygen atoms in total. The second-order valence-electron chi connectivity index (χ2n) is 5.61. The topological polar surface area (TPSA) is 46.4 Å². The third kappa shape index (κ3) is 4.59. The Kier molecular flexibility index (Phi) is 6.04. The summed E-state index contributed by atoms with van der Waals surface area (Å²) in [6, 6.07) is 11.9. The van der Waals surface area contributed by atoms with Crippen molar-refractivity contribution in [1.29, 1.82) is 0 Å². The fourth-order valence-corrected chi connectivity index (χ4v) is 3.29. The molecule has 2 aromatic rings. The summed E-state index contributed by atoms with van der Waals surface area (Å²) in [5.41, 5.74) is 3.43. The Labute approximate surface area is 152 Å². The predicted molar refractivity (Wildman–Crippen MR) is 103 cm³/mol. The quantitative estimate of drug-likeness (QED) is 0.722. The van der Waals surface area contributed by atoms with Crippen LogP contribution >= 0.6 is 11.9 Å². The minimum Gasteiger partial charge on any atom is -0.497 e. The molecule has 0 bridgehead atoms. The van der Waals surface area contributed by atoms with Crippen LogP contribution in [0.4, 0.5) is 0 Å². The van der Waals surface area contributed by atoms with Crippen LogP contribution in [-0.4, -0.2) is 20.7 Å². The molecule has 0 fully saturated rings. The van der Waals surface area contributed by atoms with Gasteiger partial charge in [-0.25, -0.2) is 0 Å². The lowest BCUT2D eigenvalue weighted by Crippen LogP contribution is -2.11. The van der Waals surface area contributed by atoms with Crippen molar-refractivity contribution in [3.8, 4) is 5.75 Å². The zero-order chi connectivity index (χ0) is 17.5. The zero-order valence-electron chi connectivity index (χ0n) is 14.4. The Morgan fingerprint density at radius 2 is 2.04 bits per heavy atom. The summed E-state index contributed by atoms with van der Waals surface area (Å²) in [7, 11) is 3.63. The van der Waals surface area contributed by atoms with E-state index in [4.69, 9.17) is 9.15 Å². The van der Waals surface area contributed by atoms with Crippen LogP contribution < -0.4 is 14.8 Å². The lowest BCUT2D eigenvalue weighted by Gasteiger charge is -2.12. The number of nitrogens with one attached hydrogen (secondary N) is 2. The van der Waals surface area contributed by atoms with Crippen LogP contribution in [0.25, 0.3) is 5.57 Å². The number of likely N-dealkylation sites (N-methyl/N-ethyl adjacent to an activating group) is 1. The van der Waals surface area contributed by atoms with Gasteiger partial charge in [-0.3, -0.25) is 0 Å². The molecule has 0 unspecified atom stereocenters. The van der Waals surface area contributed by atoms with Gasteiger partial charge < -0.3 is 19.2 Å². The van der Waals surface area contributed by atoms with Gasteiger partial charge in [-0.15, -0.1) is 0 Å². The SMILES string of the molecule is CNCC1=CC(NSc2ccc(OC)cc2)=C(c2ccco2)CC=C1. The van der Waals surface area contributed by atoms with Crippen molar-refractivity contribution >= 4 is 17.5 Å². The van der Waals surface area contributed by atoms with Crippen LogP contribution in [0, 0.1) is 0 Å². The molecule has 3 rings (SSSR count). The van der Waals surface area contributed by atoms with Crippen LogP contribution in [0.1, 0.15) is 12.2 Å². The minimum absolute atomic E-state index is 0.820. The first-order valence-corrected chi connectivity index (χ1v) is 8.97. The van der Waals surface area contributed by atoms with Gasteiger partial charge in [0.25, 0.3) is 0 Å². The van der Waals surface area contributed by atoms with Crippen molar-refractivity contribution in [2.24, 2.45) is 0 Å². The highest BCUT2D eigenvalue weighted by Gasteiger charge is 2.13. The van der Waals surface area contributed by atoms with E-state index in [2.05, 4.69) is 28.3 Å². The lowest BCUT2D eigenvalue weighted by molar-refractivity contribution is 0.414. The van der Waals surface area contributed by atoms with Crippen LogP contribution in [0.3, 0.4) is 0 Å². The van der Waals surface area contributed by atoms with Crippen molar-refractivity contribution in [2.75, 3.05) is 20.7 Å². The molecule has 1 aromatic carbocycles. The van der Waals surface area contributed by atoms with Crippen molar-refractivity contribution in [2.45, 2.75) is 11.3 Å². The number of hydrogen-bond acceptors (Lipinski definition) is 5. The molecule has 25 heavy (non-hydrogen) atoms. The van der Waals surface area contributed by atoms with Gasteiger partial charge in [0.1, 0.15) is 11.5 Å². The summed E-state index contributed by atoms with van der Waals surface area (Å²) in [4.78, 5) is 1.12. The molecule has 1 aliphatic rings. The molecule has 0 amide bonds. The molecule has 2 N–H and O–H groups in total. The first-order chi connectivity index (χ1) is 12.3. The minimum atomic E-state index is 0.820. The Bertz CT molecular complexity index is 775. The third-order valence-electron chi connectivity index (χ3n) is 3.85. The van der Waals surface area contributed by atoms with Gasteiger partial charge in [0, 0.05) is 17.0 Å². The maximum absolute atomic E-state index is 5.63. The number of benzene rings is 1. The van der Waals surface area contributed by atoms with Gasteiger partial charge in [0.05, 0.1) is 19.1 Å². The van der Waals surface area contributed by atoms with Gasteiger partial charge in [0.2, 0.25) is 0 Å². The summed E-state index contributed by atoms with van der Waals surface area (Å²) in [6.07, 6.45) is 9.04. The number of ether oxygens (including phenoxy) is 1. The average molecular weight is 354 g/mol. The molecular formula is C20H22N2O2S. The van der Waals surface area contributed by atoms with Gasteiger partial charge in [0.15, 0.2) is 0 Å². The van der Waals surface area contributed by atoms with Crippen molar-refractivity contribution in [3.05, 3.63) is 77.9 Å². The molecular weight excluding hydrogens is 332 g/mol. The van der Waals surface area contributed by atoms with Gasteiger partial charge >= 0.3 is 0 Å². The zero-order valence-corrected chi connectivity index (χ0v) is 15.2. The molecule has 5 heteroatoms. The summed E-state index contributed by atoms with van der Waals surface area (Å²) in [5.74, 6) is 1.75. The van der Waals surface area contributed by atoms with E-state index < -0.39 is 0 Å². The summed E-state index contributed by atoms with van der Waals surface area (Å²) in [6.45, 7) is 0.820. The number of methoxy groups -OCH3 is 1. The predicted octanol–water partition coefficient (Wildman–Crippen LogP) is 4.40. The number of hydrogen-bond donors (Lipinski definition) is 2. The van der Waals surface area contributed by atoms with E-state index in [1.165, 1.54) is 5.57 Å². The van der Waals surface area contributed by atoms with Crippen molar-refractivity contribution in [3.63, 3.8) is 0 Å². The van der Waals surface area contributed by atoms with Crippen LogP contribution in [0.5, 0.6) is 5.75 Å².